The zero-order valence-corrected chi connectivity index (χ0v) is 18.3. The summed E-state index contributed by atoms with van der Waals surface area (Å²) in [7, 11) is 3.24. The number of halogens is 2. The third-order valence-electron chi connectivity index (χ3n) is 4.17. The molecule has 0 saturated heterocycles. The molecule has 1 N–H and O–H groups in total. The second-order valence-corrected chi connectivity index (χ2v) is 7.53. The van der Waals surface area contributed by atoms with Gasteiger partial charge in [0.2, 0.25) is 0 Å². The fraction of sp³-hybridized carbons (Fsp3) is 0.100. The minimum Gasteiger partial charge on any atom is -0.493 e. The SMILES string of the molecule is COc1ccc(Nc2ncnc3scc(-c4ccc(Br)cc4)c23)cc1OC.Cl. The van der Waals surface area contributed by atoms with Gasteiger partial charge < -0.3 is 14.8 Å². The molecule has 2 aromatic heterocycles. The maximum absolute atomic E-state index is 5.39. The normalized spacial score (nSPS) is 10.4. The van der Waals surface area contributed by atoms with E-state index < -0.39 is 0 Å². The molecule has 0 radical (unpaired) electrons. The number of ether oxygens (including phenoxy) is 2. The monoisotopic (exact) mass is 477 g/mol. The lowest BCUT2D eigenvalue weighted by molar-refractivity contribution is 0.355. The van der Waals surface area contributed by atoms with Crippen LogP contribution in [0, 0.1) is 0 Å². The Morgan fingerprint density at radius 2 is 1.71 bits per heavy atom. The summed E-state index contributed by atoms with van der Waals surface area (Å²) < 4.78 is 11.7. The Hall–Kier alpha value is -2.35. The molecule has 8 heteroatoms. The quantitative estimate of drug-likeness (QED) is 0.364. The largest absolute Gasteiger partial charge is 0.493 e. The molecule has 4 rings (SSSR count). The van der Waals surface area contributed by atoms with Crippen molar-refractivity contribution in [2.24, 2.45) is 0 Å². The number of hydrogen-bond donors (Lipinski definition) is 1. The molecule has 0 bridgehead atoms. The molecule has 144 valence electrons. The number of methoxy groups -OCH3 is 2. The fourth-order valence-electron chi connectivity index (χ4n) is 2.86. The zero-order valence-electron chi connectivity index (χ0n) is 15.1. The summed E-state index contributed by atoms with van der Waals surface area (Å²) in [6.07, 6.45) is 1.58. The van der Waals surface area contributed by atoms with Crippen LogP contribution in [0.3, 0.4) is 0 Å². The van der Waals surface area contributed by atoms with Gasteiger partial charge in [0.1, 0.15) is 17.0 Å². The average molecular weight is 479 g/mol. The highest BCUT2D eigenvalue weighted by molar-refractivity contribution is 9.10. The standard InChI is InChI=1S/C20H16BrN3O2S.ClH/c1-25-16-8-7-14(9-17(16)26-2)24-19-18-15(10-27-20(18)23-11-22-19)12-3-5-13(21)6-4-12;/h3-11H,1-2H3,(H,22,23,24);1H. The van der Waals surface area contributed by atoms with Crippen LogP contribution in [0.1, 0.15) is 0 Å². The Balaban J connectivity index is 0.00000225. The molecule has 4 aromatic rings. The van der Waals surface area contributed by atoms with Gasteiger partial charge in [0.05, 0.1) is 19.6 Å². The van der Waals surface area contributed by atoms with Crippen molar-refractivity contribution in [3.8, 4) is 22.6 Å². The smallest absolute Gasteiger partial charge is 0.162 e. The highest BCUT2D eigenvalue weighted by atomic mass is 79.9. The first-order chi connectivity index (χ1) is 13.2. The zero-order chi connectivity index (χ0) is 18.8. The predicted octanol–water partition coefficient (Wildman–Crippen LogP) is 6.30. The van der Waals surface area contributed by atoms with E-state index in [1.807, 2.05) is 30.3 Å². The molecular weight excluding hydrogens is 462 g/mol. The number of thiophene rings is 1. The molecule has 0 aliphatic rings. The Labute approximate surface area is 181 Å². The van der Waals surface area contributed by atoms with Crippen molar-refractivity contribution in [2.75, 3.05) is 19.5 Å². The molecule has 28 heavy (non-hydrogen) atoms. The van der Waals surface area contributed by atoms with E-state index in [1.54, 1.807) is 31.9 Å². The van der Waals surface area contributed by atoms with Gasteiger partial charge in [-0.1, -0.05) is 28.1 Å². The average Bonchev–Trinajstić information content (AvgIpc) is 3.13. The van der Waals surface area contributed by atoms with Gasteiger partial charge in [-0.3, -0.25) is 0 Å². The van der Waals surface area contributed by atoms with Crippen molar-refractivity contribution in [1.82, 2.24) is 9.97 Å². The van der Waals surface area contributed by atoms with E-state index in [9.17, 15) is 0 Å². The van der Waals surface area contributed by atoms with Gasteiger partial charge in [0.25, 0.3) is 0 Å². The fourth-order valence-corrected chi connectivity index (χ4v) is 4.04. The van der Waals surface area contributed by atoms with Crippen molar-refractivity contribution in [1.29, 1.82) is 0 Å². The van der Waals surface area contributed by atoms with E-state index in [0.29, 0.717) is 11.5 Å². The van der Waals surface area contributed by atoms with Gasteiger partial charge in [-0.25, -0.2) is 9.97 Å². The van der Waals surface area contributed by atoms with Crippen LogP contribution in [0.25, 0.3) is 21.3 Å². The summed E-state index contributed by atoms with van der Waals surface area (Å²) in [6.45, 7) is 0. The second kappa shape index (κ2) is 8.77. The molecular formula is C20H17BrClN3O2S. The van der Waals surface area contributed by atoms with Gasteiger partial charge in [0.15, 0.2) is 11.5 Å². The van der Waals surface area contributed by atoms with Crippen molar-refractivity contribution < 1.29 is 9.47 Å². The number of aromatic nitrogens is 2. The van der Waals surface area contributed by atoms with Crippen LogP contribution in [0.2, 0.25) is 0 Å². The van der Waals surface area contributed by atoms with E-state index in [0.717, 1.165) is 37.3 Å². The van der Waals surface area contributed by atoms with Crippen molar-refractivity contribution in [2.45, 2.75) is 0 Å². The summed E-state index contributed by atoms with van der Waals surface area (Å²) in [5.74, 6) is 2.10. The van der Waals surface area contributed by atoms with Crippen LogP contribution in [0.15, 0.2) is 58.6 Å². The van der Waals surface area contributed by atoms with Gasteiger partial charge in [-0.05, 0) is 29.8 Å². The lowest BCUT2D eigenvalue weighted by Gasteiger charge is -2.12. The third kappa shape index (κ3) is 3.92. The number of fused-ring (bicyclic) bond motifs is 1. The highest BCUT2D eigenvalue weighted by Gasteiger charge is 2.14. The van der Waals surface area contributed by atoms with E-state index in [2.05, 4.69) is 48.7 Å². The minimum absolute atomic E-state index is 0. The van der Waals surface area contributed by atoms with Crippen LogP contribution < -0.4 is 14.8 Å². The van der Waals surface area contributed by atoms with Crippen LogP contribution in [0.5, 0.6) is 11.5 Å². The molecule has 0 fully saturated rings. The molecule has 5 nitrogen and oxygen atoms in total. The van der Waals surface area contributed by atoms with E-state index >= 15 is 0 Å². The number of anilines is 2. The maximum atomic E-state index is 5.39. The second-order valence-electron chi connectivity index (χ2n) is 5.75. The summed E-state index contributed by atoms with van der Waals surface area (Å²) >= 11 is 5.09. The Morgan fingerprint density at radius 1 is 0.964 bits per heavy atom. The summed E-state index contributed by atoms with van der Waals surface area (Å²) in [5.41, 5.74) is 3.08. The van der Waals surface area contributed by atoms with Gasteiger partial charge in [-0.2, -0.15) is 0 Å². The molecule has 0 unspecified atom stereocenters. The first-order valence-corrected chi connectivity index (χ1v) is 9.84. The predicted molar refractivity (Wildman–Crippen MR) is 121 cm³/mol. The first-order valence-electron chi connectivity index (χ1n) is 8.17. The minimum atomic E-state index is 0. The number of rotatable bonds is 5. The van der Waals surface area contributed by atoms with E-state index in [-0.39, 0.29) is 12.4 Å². The van der Waals surface area contributed by atoms with E-state index in [1.165, 1.54) is 0 Å². The van der Waals surface area contributed by atoms with Gasteiger partial charge in [0, 0.05) is 27.2 Å². The molecule has 0 aliphatic heterocycles. The van der Waals surface area contributed by atoms with Crippen LogP contribution in [-0.2, 0) is 0 Å². The number of nitrogens with zero attached hydrogens (tertiary/aromatic N) is 2. The Morgan fingerprint density at radius 3 is 2.43 bits per heavy atom. The number of benzene rings is 2. The van der Waals surface area contributed by atoms with Crippen molar-refractivity contribution in [3.63, 3.8) is 0 Å². The third-order valence-corrected chi connectivity index (χ3v) is 5.59. The van der Waals surface area contributed by atoms with Crippen LogP contribution >= 0.6 is 39.7 Å². The molecule has 0 aliphatic carbocycles. The van der Waals surface area contributed by atoms with Crippen LogP contribution in [0.4, 0.5) is 11.5 Å². The highest BCUT2D eigenvalue weighted by Crippen LogP contribution is 2.38. The number of nitrogens with one attached hydrogen (secondary N) is 1. The first kappa shape index (κ1) is 20.4. The van der Waals surface area contributed by atoms with Crippen LogP contribution in [-0.4, -0.2) is 24.2 Å². The molecule has 0 saturated carbocycles. The molecule has 0 atom stereocenters. The van der Waals surface area contributed by atoms with Crippen molar-refractivity contribution >= 4 is 61.4 Å². The van der Waals surface area contributed by atoms with Gasteiger partial charge in [-0.15, -0.1) is 23.7 Å². The lowest BCUT2D eigenvalue weighted by Crippen LogP contribution is -1.97. The molecule has 2 aromatic carbocycles. The Kier molecular flexibility index (Phi) is 6.39. The lowest BCUT2D eigenvalue weighted by atomic mass is 10.1. The topological polar surface area (TPSA) is 56.3 Å². The molecule has 0 amide bonds. The molecule has 0 spiro atoms. The van der Waals surface area contributed by atoms with Crippen molar-refractivity contribution in [3.05, 3.63) is 58.6 Å². The summed E-state index contributed by atoms with van der Waals surface area (Å²) in [6, 6.07) is 13.9. The maximum Gasteiger partial charge on any atom is 0.162 e. The summed E-state index contributed by atoms with van der Waals surface area (Å²) in [5, 5.41) is 6.50. The Bertz CT molecular complexity index is 1100. The van der Waals surface area contributed by atoms with E-state index in [4.69, 9.17) is 9.47 Å². The molecule has 2 heterocycles. The summed E-state index contributed by atoms with van der Waals surface area (Å²) in [4.78, 5) is 9.84. The van der Waals surface area contributed by atoms with Gasteiger partial charge >= 0.3 is 0 Å². The number of hydrogen-bond acceptors (Lipinski definition) is 6.